The summed E-state index contributed by atoms with van der Waals surface area (Å²) < 4.78 is 11.8. The first-order chi connectivity index (χ1) is 17.3. The molecule has 0 aliphatic rings. The number of thiophene rings is 1. The van der Waals surface area contributed by atoms with Crippen LogP contribution in [0.3, 0.4) is 0 Å². The zero-order valence-electron chi connectivity index (χ0n) is 21.4. The SMILES string of the molecule is COc1ccc(C(=O)CCC(=O)c2cc(CC(C)C)cc(-c3csc4c(C)cccc34)n2)cc1OC. The van der Waals surface area contributed by atoms with Crippen LogP contribution in [0.4, 0.5) is 0 Å². The van der Waals surface area contributed by atoms with E-state index in [1.807, 2.05) is 6.07 Å². The molecule has 2 aromatic carbocycles. The first kappa shape index (κ1) is 25.6. The van der Waals surface area contributed by atoms with E-state index in [0.717, 1.165) is 28.6 Å². The highest BCUT2D eigenvalue weighted by atomic mass is 32.1. The van der Waals surface area contributed by atoms with Crippen molar-refractivity contribution in [2.45, 2.75) is 40.0 Å². The molecule has 0 unspecified atom stereocenters. The Bertz CT molecular complexity index is 1420. The molecule has 0 aliphatic carbocycles. The van der Waals surface area contributed by atoms with Gasteiger partial charge in [0, 0.05) is 39.4 Å². The number of carbonyl (C=O) groups is 2. The van der Waals surface area contributed by atoms with E-state index < -0.39 is 0 Å². The molecule has 0 N–H and O–H groups in total. The van der Waals surface area contributed by atoms with Gasteiger partial charge in [-0.15, -0.1) is 11.3 Å². The highest BCUT2D eigenvalue weighted by molar-refractivity contribution is 7.18. The summed E-state index contributed by atoms with van der Waals surface area (Å²) in [6.07, 6.45) is 1.04. The maximum atomic E-state index is 13.2. The summed E-state index contributed by atoms with van der Waals surface area (Å²) in [5.41, 5.74) is 5.06. The van der Waals surface area contributed by atoms with E-state index in [9.17, 15) is 9.59 Å². The van der Waals surface area contributed by atoms with E-state index in [4.69, 9.17) is 14.5 Å². The second kappa shape index (κ2) is 11.0. The lowest BCUT2D eigenvalue weighted by Crippen LogP contribution is -2.09. The first-order valence-electron chi connectivity index (χ1n) is 12.1. The summed E-state index contributed by atoms with van der Waals surface area (Å²) in [7, 11) is 3.08. The monoisotopic (exact) mass is 501 g/mol. The molecule has 0 bridgehead atoms. The highest BCUT2D eigenvalue weighted by Gasteiger charge is 2.18. The van der Waals surface area contributed by atoms with Gasteiger partial charge < -0.3 is 9.47 Å². The zero-order chi connectivity index (χ0) is 25.8. The summed E-state index contributed by atoms with van der Waals surface area (Å²) >= 11 is 1.70. The van der Waals surface area contributed by atoms with Crippen LogP contribution in [0.5, 0.6) is 11.5 Å². The average molecular weight is 502 g/mol. The van der Waals surface area contributed by atoms with E-state index in [1.54, 1.807) is 36.6 Å². The second-order valence-electron chi connectivity index (χ2n) is 9.36. The molecule has 4 aromatic rings. The number of carbonyl (C=O) groups excluding carboxylic acids is 2. The summed E-state index contributed by atoms with van der Waals surface area (Å²) in [4.78, 5) is 30.8. The van der Waals surface area contributed by atoms with E-state index in [-0.39, 0.29) is 24.4 Å². The maximum Gasteiger partial charge on any atom is 0.181 e. The predicted octanol–water partition coefficient (Wildman–Crippen LogP) is 7.33. The number of aromatic nitrogens is 1. The summed E-state index contributed by atoms with van der Waals surface area (Å²) in [5.74, 6) is 1.23. The fraction of sp³-hybridized carbons (Fsp3) is 0.300. The Morgan fingerprint density at radius 2 is 1.69 bits per heavy atom. The lowest BCUT2D eigenvalue weighted by molar-refractivity contribution is 0.0915. The van der Waals surface area contributed by atoms with Gasteiger partial charge in [-0.2, -0.15) is 0 Å². The molecule has 2 heterocycles. The molecule has 0 radical (unpaired) electrons. The molecular weight excluding hydrogens is 470 g/mol. The van der Waals surface area contributed by atoms with Crippen LogP contribution >= 0.6 is 11.3 Å². The Balaban J connectivity index is 1.60. The molecule has 6 heteroatoms. The molecule has 2 aromatic heterocycles. The predicted molar refractivity (Wildman–Crippen MR) is 146 cm³/mol. The van der Waals surface area contributed by atoms with Crippen molar-refractivity contribution < 1.29 is 19.1 Å². The second-order valence-corrected chi connectivity index (χ2v) is 10.2. The van der Waals surface area contributed by atoms with E-state index in [1.165, 1.54) is 17.4 Å². The number of ketones is 2. The number of benzene rings is 2. The van der Waals surface area contributed by atoms with Crippen molar-refractivity contribution in [2.24, 2.45) is 5.92 Å². The number of hydrogen-bond donors (Lipinski definition) is 0. The minimum Gasteiger partial charge on any atom is -0.493 e. The molecule has 0 spiro atoms. The van der Waals surface area contributed by atoms with Crippen LogP contribution in [-0.2, 0) is 6.42 Å². The van der Waals surface area contributed by atoms with Gasteiger partial charge in [-0.25, -0.2) is 4.98 Å². The number of hydrogen-bond acceptors (Lipinski definition) is 6. The van der Waals surface area contributed by atoms with Gasteiger partial charge in [-0.05, 0) is 60.7 Å². The van der Waals surface area contributed by atoms with Crippen LogP contribution in [0.2, 0.25) is 0 Å². The number of rotatable bonds is 10. The van der Waals surface area contributed by atoms with E-state index in [2.05, 4.69) is 50.4 Å². The van der Waals surface area contributed by atoms with Gasteiger partial charge in [-0.1, -0.05) is 32.0 Å². The van der Waals surface area contributed by atoms with Crippen LogP contribution < -0.4 is 9.47 Å². The number of aryl methyl sites for hydroxylation is 1. The Kier molecular flexibility index (Phi) is 7.85. The number of fused-ring (bicyclic) bond motifs is 1. The molecule has 5 nitrogen and oxygen atoms in total. The van der Waals surface area contributed by atoms with Gasteiger partial charge in [0.2, 0.25) is 0 Å². The zero-order valence-corrected chi connectivity index (χ0v) is 22.2. The maximum absolute atomic E-state index is 13.2. The molecule has 186 valence electrons. The van der Waals surface area contributed by atoms with E-state index in [0.29, 0.717) is 28.7 Å². The molecule has 0 atom stereocenters. The third kappa shape index (κ3) is 5.49. The molecule has 0 amide bonds. The Morgan fingerprint density at radius 1 is 0.944 bits per heavy atom. The van der Waals surface area contributed by atoms with Crippen LogP contribution in [-0.4, -0.2) is 30.8 Å². The van der Waals surface area contributed by atoms with Gasteiger partial charge in [0.1, 0.15) is 5.69 Å². The van der Waals surface area contributed by atoms with Crippen LogP contribution in [0.1, 0.15) is 58.7 Å². The topological polar surface area (TPSA) is 65.5 Å². The molecule has 0 aliphatic heterocycles. The fourth-order valence-corrected chi connectivity index (χ4v) is 5.41. The van der Waals surface area contributed by atoms with Crippen molar-refractivity contribution in [1.29, 1.82) is 0 Å². The third-order valence-corrected chi connectivity index (χ3v) is 7.30. The smallest absolute Gasteiger partial charge is 0.181 e. The Labute approximate surface area is 216 Å². The van der Waals surface area contributed by atoms with Gasteiger partial charge in [-0.3, -0.25) is 9.59 Å². The van der Waals surface area contributed by atoms with Crippen LogP contribution in [0.15, 0.2) is 53.9 Å². The number of methoxy groups -OCH3 is 2. The number of Topliss-reactive ketones (excluding diaryl/α,β-unsaturated/α-hetero) is 2. The lowest BCUT2D eigenvalue weighted by Gasteiger charge is -2.11. The number of nitrogens with zero attached hydrogens (tertiary/aromatic N) is 1. The molecule has 4 rings (SSSR count). The first-order valence-corrected chi connectivity index (χ1v) is 12.9. The lowest BCUT2D eigenvalue weighted by atomic mass is 9.98. The summed E-state index contributed by atoms with van der Waals surface area (Å²) in [6.45, 7) is 6.43. The summed E-state index contributed by atoms with van der Waals surface area (Å²) in [6, 6.07) is 15.3. The molecule has 0 fully saturated rings. The molecule has 0 saturated carbocycles. The number of pyridine rings is 1. The normalized spacial score (nSPS) is 11.2. The largest absolute Gasteiger partial charge is 0.493 e. The Hall–Kier alpha value is -3.51. The third-order valence-electron chi connectivity index (χ3n) is 6.17. The quantitative estimate of drug-likeness (QED) is 0.213. The number of ether oxygens (including phenoxy) is 2. The molecule has 0 saturated heterocycles. The Morgan fingerprint density at radius 3 is 2.42 bits per heavy atom. The van der Waals surface area contributed by atoms with Gasteiger partial charge in [0.05, 0.1) is 19.9 Å². The van der Waals surface area contributed by atoms with Crippen LogP contribution in [0.25, 0.3) is 21.3 Å². The minimum atomic E-state index is -0.133. The molecular formula is C30H31NO4S. The average Bonchev–Trinajstić information content (AvgIpc) is 3.31. The van der Waals surface area contributed by atoms with Crippen molar-refractivity contribution >= 4 is 33.0 Å². The van der Waals surface area contributed by atoms with Gasteiger partial charge in [0.15, 0.2) is 23.1 Å². The summed E-state index contributed by atoms with van der Waals surface area (Å²) in [5, 5.41) is 3.27. The van der Waals surface area contributed by atoms with Crippen molar-refractivity contribution in [1.82, 2.24) is 4.98 Å². The van der Waals surface area contributed by atoms with Crippen molar-refractivity contribution in [3.8, 4) is 22.8 Å². The van der Waals surface area contributed by atoms with Crippen LogP contribution in [0, 0.1) is 12.8 Å². The standard InChI is InChI=1S/C30H31NO4S/c1-18(2)13-20-14-24(23-17-36-30-19(3)7-6-8-22(23)30)31-25(15-20)27(33)11-10-26(32)21-9-12-28(34-4)29(16-21)35-5/h6-9,12,14-18H,10-11,13H2,1-5H3. The van der Waals surface area contributed by atoms with Crippen molar-refractivity contribution in [3.05, 3.63) is 76.3 Å². The van der Waals surface area contributed by atoms with Gasteiger partial charge >= 0.3 is 0 Å². The molecule has 36 heavy (non-hydrogen) atoms. The van der Waals surface area contributed by atoms with Gasteiger partial charge in [0.25, 0.3) is 0 Å². The highest BCUT2D eigenvalue weighted by Crippen LogP contribution is 2.35. The minimum absolute atomic E-state index is 0.0915. The van der Waals surface area contributed by atoms with Crippen molar-refractivity contribution in [3.63, 3.8) is 0 Å². The van der Waals surface area contributed by atoms with Crippen molar-refractivity contribution in [2.75, 3.05) is 14.2 Å². The fourth-order valence-electron chi connectivity index (χ4n) is 4.37. The van der Waals surface area contributed by atoms with E-state index >= 15 is 0 Å².